The van der Waals surface area contributed by atoms with Crippen LogP contribution in [-0.2, 0) is 10.8 Å². The van der Waals surface area contributed by atoms with Crippen LogP contribution < -0.4 is 4.98 Å². The molecule has 1 N–H and O–H groups in total. The number of hydrogen-bond donors (Lipinski definition) is 1. The lowest BCUT2D eigenvalue weighted by molar-refractivity contribution is 0.590. The molecule has 2 rings (SSSR count). The second-order valence-electron chi connectivity index (χ2n) is 13.3. The third-order valence-corrected chi connectivity index (χ3v) is 7.29. The van der Waals surface area contributed by atoms with Gasteiger partial charge in [-0.2, -0.15) is 0 Å². The van der Waals surface area contributed by atoms with E-state index < -0.39 is 16.5 Å². The fraction of sp³-hybridized carbons (Fsp3) is 0.483. The van der Waals surface area contributed by atoms with Gasteiger partial charge in [-0.15, -0.1) is 0 Å². The normalized spacial score (nSPS) is 14.4. The maximum atomic E-state index is 5.28. The minimum Gasteiger partial charge on any atom is -0.410 e. The molecule has 0 unspecified atom stereocenters. The number of nitrogens with one attached hydrogen (secondary N) is 1. The van der Waals surface area contributed by atoms with Crippen LogP contribution in [0, 0.1) is 0 Å². The van der Waals surface area contributed by atoms with Gasteiger partial charge < -0.3 is 9.64 Å². The summed E-state index contributed by atoms with van der Waals surface area (Å²) < 4.78 is 5.28. The van der Waals surface area contributed by atoms with Crippen LogP contribution in [0.2, 0.25) is 39.3 Å². The van der Waals surface area contributed by atoms with E-state index in [2.05, 4.69) is 140 Å². The zero-order chi connectivity index (χ0) is 25.2. The molecule has 180 valence electrons. The Morgan fingerprint density at radius 2 is 1.06 bits per heavy atom. The van der Waals surface area contributed by atoms with Crippen molar-refractivity contribution in [2.45, 2.75) is 91.7 Å². The number of benzene rings is 2. The van der Waals surface area contributed by atoms with Crippen LogP contribution in [0.1, 0.15) is 63.8 Å². The first-order valence-corrected chi connectivity index (χ1v) is 19.1. The highest BCUT2D eigenvalue weighted by Crippen LogP contribution is 2.26. The lowest BCUT2D eigenvalue weighted by atomic mass is 9.86. The molecule has 0 saturated carbocycles. The monoisotopic (exact) mass is 478 g/mol. The van der Waals surface area contributed by atoms with Gasteiger partial charge in [0.2, 0.25) is 0 Å². The third kappa shape index (κ3) is 8.75. The van der Waals surface area contributed by atoms with Gasteiger partial charge in [-0.1, -0.05) is 110 Å². The molecule has 0 aliphatic heterocycles. The Morgan fingerprint density at radius 3 is 1.39 bits per heavy atom. The highest BCUT2D eigenvalue weighted by molar-refractivity contribution is 6.76. The van der Waals surface area contributed by atoms with E-state index in [0.29, 0.717) is 0 Å². The van der Waals surface area contributed by atoms with E-state index in [1.165, 1.54) is 28.0 Å². The summed E-state index contributed by atoms with van der Waals surface area (Å²) in [7, 11) is -3.26. The van der Waals surface area contributed by atoms with Crippen LogP contribution in [0.3, 0.4) is 0 Å². The van der Waals surface area contributed by atoms with Gasteiger partial charge in [0.15, 0.2) is 8.24 Å². The topological polar surface area (TPSA) is 24.4 Å². The molecular weight excluding hydrogens is 433 g/mol. The summed E-state index contributed by atoms with van der Waals surface area (Å²) in [6, 6.07) is 18.0. The Balaban J connectivity index is 2.63. The van der Waals surface area contributed by atoms with Gasteiger partial charge in [0.1, 0.15) is 8.24 Å². The van der Waals surface area contributed by atoms with Crippen molar-refractivity contribution in [3.05, 3.63) is 76.9 Å². The minimum atomic E-state index is -1.69. The van der Waals surface area contributed by atoms with Crippen molar-refractivity contribution in [3.63, 3.8) is 0 Å². The van der Waals surface area contributed by atoms with E-state index in [4.69, 9.17) is 4.66 Å². The first-order chi connectivity index (χ1) is 14.9. The van der Waals surface area contributed by atoms with Crippen LogP contribution in [0.5, 0.6) is 0 Å². The second-order valence-corrected chi connectivity index (χ2v) is 22.6. The summed E-state index contributed by atoms with van der Waals surface area (Å²) >= 11 is 0. The van der Waals surface area contributed by atoms with Crippen molar-refractivity contribution in [2.24, 2.45) is 4.66 Å². The molecule has 0 aromatic heterocycles. The Labute approximate surface area is 205 Å². The number of rotatable bonds is 6. The fourth-order valence-electron chi connectivity index (χ4n) is 3.56. The van der Waals surface area contributed by atoms with Crippen molar-refractivity contribution in [2.75, 3.05) is 0 Å². The van der Waals surface area contributed by atoms with Crippen LogP contribution >= 0.6 is 0 Å². The summed E-state index contributed by atoms with van der Waals surface area (Å²) in [4.78, 5) is 3.89. The van der Waals surface area contributed by atoms with Crippen LogP contribution in [0.4, 0.5) is 0 Å². The first kappa shape index (κ1) is 27.3. The SMILES string of the molecule is CC(C)(C)c1ccc(/C(=C/C(=N/[Si](C)(C)C)c2ccc(C(C)(C)C)cc2)N[Si](C)(C)C)cc1. The molecule has 0 aliphatic carbocycles. The average Bonchev–Trinajstić information content (AvgIpc) is 2.63. The molecule has 0 fully saturated rings. The van der Waals surface area contributed by atoms with Gasteiger partial charge in [-0.3, -0.25) is 0 Å². The Hall–Kier alpha value is -1.92. The molecule has 0 spiro atoms. The van der Waals surface area contributed by atoms with Gasteiger partial charge in [0.05, 0.1) is 5.71 Å². The van der Waals surface area contributed by atoms with Crippen molar-refractivity contribution in [1.29, 1.82) is 0 Å². The summed E-state index contributed by atoms with van der Waals surface area (Å²) in [5.74, 6) is 0. The smallest absolute Gasteiger partial charge is 0.173 e. The number of allylic oxidation sites excluding steroid dienone is 1. The lowest BCUT2D eigenvalue weighted by Gasteiger charge is -2.25. The van der Waals surface area contributed by atoms with Gasteiger partial charge in [0, 0.05) is 5.70 Å². The molecule has 0 radical (unpaired) electrons. The van der Waals surface area contributed by atoms with E-state index in [-0.39, 0.29) is 10.8 Å². The van der Waals surface area contributed by atoms with Crippen molar-refractivity contribution >= 4 is 27.9 Å². The molecular formula is C29H46N2Si2. The molecule has 4 heteroatoms. The first-order valence-electron chi connectivity index (χ1n) is 12.2. The highest BCUT2D eigenvalue weighted by Gasteiger charge is 2.20. The Kier molecular flexibility index (Phi) is 8.08. The summed E-state index contributed by atoms with van der Waals surface area (Å²) in [6.45, 7) is 27.5. The Morgan fingerprint density at radius 1 is 0.667 bits per heavy atom. The molecule has 0 amide bonds. The average molecular weight is 479 g/mol. The van der Waals surface area contributed by atoms with Crippen molar-refractivity contribution in [1.82, 2.24) is 4.98 Å². The molecule has 2 nitrogen and oxygen atoms in total. The van der Waals surface area contributed by atoms with Crippen molar-refractivity contribution in [3.8, 4) is 0 Å². The maximum Gasteiger partial charge on any atom is 0.173 e. The molecule has 0 atom stereocenters. The van der Waals surface area contributed by atoms with E-state index in [0.717, 1.165) is 5.71 Å². The van der Waals surface area contributed by atoms with E-state index in [9.17, 15) is 0 Å². The second kappa shape index (κ2) is 9.75. The third-order valence-electron chi connectivity index (χ3n) is 5.36. The molecule has 0 aliphatic rings. The predicted molar refractivity (Wildman–Crippen MR) is 155 cm³/mol. The Bertz CT molecular complexity index is 987. The van der Waals surface area contributed by atoms with Crippen LogP contribution in [-0.4, -0.2) is 22.2 Å². The fourth-order valence-corrected chi connectivity index (χ4v) is 5.51. The number of hydrogen-bond acceptors (Lipinski definition) is 2. The molecule has 2 aromatic rings. The van der Waals surface area contributed by atoms with E-state index >= 15 is 0 Å². The number of nitrogens with zero attached hydrogens (tertiary/aromatic N) is 1. The molecule has 2 aromatic carbocycles. The van der Waals surface area contributed by atoms with Crippen LogP contribution in [0.25, 0.3) is 5.70 Å². The summed E-state index contributed by atoms with van der Waals surface area (Å²) in [5.41, 5.74) is 7.65. The van der Waals surface area contributed by atoms with Crippen molar-refractivity contribution < 1.29 is 0 Å². The molecule has 0 saturated heterocycles. The maximum absolute atomic E-state index is 5.28. The van der Waals surface area contributed by atoms with Gasteiger partial charge in [0.25, 0.3) is 0 Å². The molecule has 33 heavy (non-hydrogen) atoms. The predicted octanol–water partition coefficient (Wildman–Crippen LogP) is 8.37. The van der Waals surface area contributed by atoms with Gasteiger partial charge in [-0.05, 0) is 58.8 Å². The van der Waals surface area contributed by atoms with E-state index in [1.807, 2.05) is 0 Å². The van der Waals surface area contributed by atoms with Crippen LogP contribution in [0.15, 0.2) is 59.3 Å². The summed E-state index contributed by atoms with van der Waals surface area (Å²) in [5, 5.41) is 0. The standard InChI is InChI=1S/C29H46N2Si2/c1-28(2,3)24-17-13-22(14-18-24)26(30-32(7,8)9)21-27(31-33(10,11)12)23-15-19-25(20-16-23)29(4,5)6/h13-21,30H,1-12H3/b26-21-,31-27-. The highest BCUT2D eigenvalue weighted by atomic mass is 28.3. The lowest BCUT2D eigenvalue weighted by Crippen LogP contribution is -2.40. The largest absolute Gasteiger partial charge is 0.410 e. The summed E-state index contributed by atoms with van der Waals surface area (Å²) in [6.07, 6.45) is 2.29. The zero-order valence-corrected chi connectivity index (χ0v) is 25.1. The van der Waals surface area contributed by atoms with Gasteiger partial charge in [-0.25, -0.2) is 0 Å². The molecule has 0 bridgehead atoms. The molecule has 0 heterocycles. The van der Waals surface area contributed by atoms with Gasteiger partial charge >= 0.3 is 0 Å². The zero-order valence-electron chi connectivity index (χ0n) is 23.1. The minimum absolute atomic E-state index is 0.143. The van der Waals surface area contributed by atoms with E-state index in [1.54, 1.807) is 0 Å². The quantitative estimate of drug-likeness (QED) is 0.327.